The van der Waals surface area contributed by atoms with Crippen LogP contribution in [0.2, 0.25) is 0 Å². The highest BCUT2D eigenvalue weighted by Crippen LogP contribution is 2.26. The number of hydrogen-bond acceptors (Lipinski definition) is 6. The van der Waals surface area contributed by atoms with Crippen molar-refractivity contribution in [1.82, 2.24) is 15.2 Å². The van der Waals surface area contributed by atoms with Crippen LogP contribution in [0.3, 0.4) is 0 Å². The molecule has 1 aromatic heterocycles. The number of rotatable bonds is 8. The number of nitrogens with zero attached hydrogens (tertiary/aromatic N) is 3. The highest BCUT2D eigenvalue weighted by molar-refractivity contribution is 7.15. The van der Waals surface area contributed by atoms with Crippen molar-refractivity contribution >= 4 is 22.4 Å². The van der Waals surface area contributed by atoms with Crippen molar-refractivity contribution in [1.29, 1.82) is 0 Å². The molecule has 0 aliphatic carbocycles. The summed E-state index contributed by atoms with van der Waals surface area (Å²) in [6.45, 7) is 4.77. The van der Waals surface area contributed by atoms with Crippen LogP contribution in [-0.2, 0) is 16.1 Å². The van der Waals surface area contributed by atoms with Crippen LogP contribution >= 0.6 is 11.3 Å². The minimum Gasteiger partial charge on any atom is -0.376 e. The molecular formula is C19H32N4O2S. The van der Waals surface area contributed by atoms with Gasteiger partial charge in [0, 0.05) is 51.3 Å². The summed E-state index contributed by atoms with van der Waals surface area (Å²) in [5, 5.41) is 4.11. The van der Waals surface area contributed by atoms with Gasteiger partial charge >= 0.3 is 0 Å². The third-order valence-corrected chi connectivity index (χ3v) is 6.49. The molecule has 146 valence electrons. The molecule has 7 heteroatoms. The van der Waals surface area contributed by atoms with Gasteiger partial charge in [-0.05, 0) is 51.1 Å². The Balaban J connectivity index is 1.30. The number of likely N-dealkylation sites (tertiary alicyclic amines) is 1. The molecule has 26 heavy (non-hydrogen) atoms. The van der Waals surface area contributed by atoms with Gasteiger partial charge in [-0.25, -0.2) is 4.98 Å². The molecule has 6 nitrogen and oxygen atoms in total. The molecule has 1 aromatic rings. The number of thiazole rings is 1. The normalized spacial score (nSPS) is 21.8. The first kappa shape index (κ1) is 19.6. The lowest BCUT2D eigenvalue weighted by atomic mass is 9.92. The molecule has 1 unspecified atom stereocenters. The zero-order valence-electron chi connectivity index (χ0n) is 16.1. The molecule has 2 fully saturated rings. The van der Waals surface area contributed by atoms with E-state index in [0.717, 1.165) is 50.6 Å². The lowest BCUT2D eigenvalue weighted by Crippen LogP contribution is -2.34. The second-order valence-corrected chi connectivity index (χ2v) is 8.79. The molecule has 1 atom stereocenters. The first-order valence-corrected chi connectivity index (χ1v) is 10.6. The Morgan fingerprint density at radius 3 is 2.85 bits per heavy atom. The number of nitrogens with one attached hydrogen (secondary N) is 1. The average molecular weight is 381 g/mol. The molecule has 0 aromatic carbocycles. The van der Waals surface area contributed by atoms with Gasteiger partial charge in [0.25, 0.3) is 0 Å². The second kappa shape index (κ2) is 9.67. The zero-order valence-corrected chi connectivity index (χ0v) is 16.9. The first-order valence-electron chi connectivity index (χ1n) is 9.83. The monoisotopic (exact) mass is 380 g/mol. The number of hydrogen-bond donors (Lipinski definition) is 1. The summed E-state index contributed by atoms with van der Waals surface area (Å²) in [5.74, 6) is 0.863. The number of piperidine rings is 1. The molecule has 1 amide bonds. The number of ether oxygens (including phenoxy) is 1. The number of amides is 1. The molecule has 3 heterocycles. The van der Waals surface area contributed by atoms with Crippen molar-refractivity contribution in [2.24, 2.45) is 5.92 Å². The van der Waals surface area contributed by atoms with Crippen molar-refractivity contribution in [2.75, 3.05) is 45.2 Å². The maximum Gasteiger partial charge on any atom is 0.220 e. The average Bonchev–Trinajstić information content (AvgIpc) is 3.31. The summed E-state index contributed by atoms with van der Waals surface area (Å²) in [6, 6.07) is 0. The van der Waals surface area contributed by atoms with E-state index < -0.39 is 0 Å². The smallest absolute Gasteiger partial charge is 0.220 e. The van der Waals surface area contributed by atoms with Crippen LogP contribution in [0.25, 0.3) is 0 Å². The van der Waals surface area contributed by atoms with E-state index in [9.17, 15) is 4.79 Å². The van der Waals surface area contributed by atoms with Gasteiger partial charge in [0.05, 0.1) is 6.10 Å². The van der Waals surface area contributed by atoms with Crippen molar-refractivity contribution < 1.29 is 9.53 Å². The van der Waals surface area contributed by atoms with Crippen molar-refractivity contribution in [3.63, 3.8) is 0 Å². The SMILES string of the molecule is CN(C)c1ncc(CN2CCC(CCC(=O)NCC3CCCO3)CC2)s1. The molecule has 2 saturated heterocycles. The third kappa shape index (κ3) is 5.93. The van der Waals surface area contributed by atoms with Gasteiger partial charge in [-0.15, -0.1) is 11.3 Å². The fourth-order valence-electron chi connectivity index (χ4n) is 3.69. The van der Waals surface area contributed by atoms with Crippen LogP contribution in [-0.4, -0.2) is 62.2 Å². The number of carbonyl (C=O) groups excluding carboxylic acids is 1. The lowest BCUT2D eigenvalue weighted by Gasteiger charge is -2.31. The molecule has 0 radical (unpaired) electrons. The van der Waals surface area contributed by atoms with Crippen molar-refractivity contribution in [2.45, 2.75) is 51.2 Å². The van der Waals surface area contributed by atoms with Gasteiger partial charge in [-0.2, -0.15) is 0 Å². The van der Waals surface area contributed by atoms with E-state index in [-0.39, 0.29) is 12.0 Å². The maximum atomic E-state index is 12.0. The highest BCUT2D eigenvalue weighted by Gasteiger charge is 2.21. The van der Waals surface area contributed by atoms with Crippen molar-refractivity contribution in [3.05, 3.63) is 11.1 Å². The summed E-state index contributed by atoms with van der Waals surface area (Å²) in [6.07, 6.45) is 8.49. The Morgan fingerprint density at radius 1 is 1.38 bits per heavy atom. The second-order valence-electron chi connectivity index (χ2n) is 7.70. The van der Waals surface area contributed by atoms with Crippen LogP contribution in [0.15, 0.2) is 6.20 Å². The predicted octanol–water partition coefficient (Wildman–Crippen LogP) is 2.50. The molecule has 0 saturated carbocycles. The third-order valence-electron chi connectivity index (χ3n) is 5.34. The Labute approximate surface area is 160 Å². The summed E-state index contributed by atoms with van der Waals surface area (Å²) in [5.41, 5.74) is 0. The predicted molar refractivity (Wildman–Crippen MR) is 106 cm³/mol. The van der Waals surface area contributed by atoms with E-state index in [2.05, 4.69) is 20.1 Å². The first-order chi connectivity index (χ1) is 12.6. The van der Waals surface area contributed by atoms with Crippen LogP contribution < -0.4 is 10.2 Å². The minimum atomic E-state index is 0.184. The molecule has 2 aliphatic heterocycles. The Hall–Kier alpha value is -1.18. The standard InChI is InChI=1S/C19H32N4O2S/c1-22(2)19-21-13-17(26-19)14-23-9-7-15(8-10-23)5-6-18(24)20-12-16-4-3-11-25-16/h13,15-16H,3-12,14H2,1-2H3,(H,20,24). The van der Waals surface area contributed by atoms with Gasteiger partial charge in [0.1, 0.15) is 0 Å². The van der Waals surface area contributed by atoms with E-state index >= 15 is 0 Å². The summed E-state index contributed by atoms with van der Waals surface area (Å²) < 4.78 is 5.55. The van der Waals surface area contributed by atoms with Crippen LogP contribution in [0.5, 0.6) is 0 Å². The Kier molecular flexibility index (Phi) is 7.28. The fraction of sp³-hybridized carbons (Fsp3) is 0.789. The van der Waals surface area contributed by atoms with Gasteiger partial charge in [-0.3, -0.25) is 9.69 Å². The Bertz CT molecular complexity index is 564. The molecule has 2 aliphatic rings. The van der Waals surface area contributed by atoms with Gasteiger partial charge < -0.3 is 15.0 Å². The summed E-state index contributed by atoms with van der Waals surface area (Å²) in [7, 11) is 4.07. The van der Waals surface area contributed by atoms with Gasteiger partial charge in [0.2, 0.25) is 5.91 Å². The topological polar surface area (TPSA) is 57.7 Å². The quantitative estimate of drug-likeness (QED) is 0.751. The Morgan fingerprint density at radius 2 is 2.19 bits per heavy atom. The molecule has 0 spiro atoms. The van der Waals surface area contributed by atoms with Crippen LogP contribution in [0.1, 0.15) is 43.4 Å². The fourth-order valence-corrected chi connectivity index (χ4v) is 4.56. The summed E-state index contributed by atoms with van der Waals surface area (Å²) >= 11 is 1.78. The molecular weight excluding hydrogens is 348 g/mol. The van der Waals surface area contributed by atoms with Crippen molar-refractivity contribution in [3.8, 4) is 0 Å². The van der Waals surface area contributed by atoms with E-state index in [4.69, 9.17) is 4.74 Å². The minimum absolute atomic E-state index is 0.184. The molecule has 0 bridgehead atoms. The maximum absolute atomic E-state index is 12.0. The van der Waals surface area contributed by atoms with Gasteiger partial charge in [-0.1, -0.05) is 0 Å². The highest BCUT2D eigenvalue weighted by atomic mass is 32.1. The zero-order chi connectivity index (χ0) is 18.4. The van der Waals surface area contributed by atoms with E-state index in [1.54, 1.807) is 11.3 Å². The number of carbonyl (C=O) groups is 1. The molecule has 1 N–H and O–H groups in total. The molecule has 3 rings (SSSR count). The number of aromatic nitrogens is 1. The van der Waals surface area contributed by atoms with E-state index in [1.807, 2.05) is 20.3 Å². The summed E-state index contributed by atoms with van der Waals surface area (Å²) in [4.78, 5) is 22.4. The van der Waals surface area contributed by atoms with Crippen LogP contribution in [0, 0.1) is 5.92 Å². The largest absolute Gasteiger partial charge is 0.376 e. The van der Waals surface area contributed by atoms with Crippen LogP contribution in [0.4, 0.5) is 5.13 Å². The lowest BCUT2D eigenvalue weighted by molar-refractivity contribution is -0.122. The number of anilines is 1. The van der Waals surface area contributed by atoms with E-state index in [0.29, 0.717) is 18.9 Å². The van der Waals surface area contributed by atoms with E-state index in [1.165, 1.54) is 17.7 Å². The van der Waals surface area contributed by atoms with Gasteiger partial charge in [0.15, 0.2) is 5.13 Å².